The van der Waals surface area contributed by atoms with Crippen LogP contribution in [0.1, 0.15) is 5.89 Å². The molecule has 6 nitrogen and oxygen atoms in total. The molecule has 0 unspecified atom stereocenters. The zero-order valence-electron chi connectivity index (χ0n) is 10.9. The van der Waals surface area contributed by atoms with Gasteiger partial charge in [-0.3, -0.25) is 0 Å². The Balaban J connectivity index is 1.52. The molecule has 22 heavy (non-hydrogen) atoms. The second-order valence-corrected chi connectivity index (χ2v) is 6.85. The third kappa shape index (κ3) is 2.67. The van der Waals surface area contributed by atoms with Crippen LogP contribution in [0.25, 0.3) is 21.9 Å². The van der Waals surface area contributed by atoms with Gasteiger partial charge in [-0.15, -0.1) is 21.5 Å². The lowest BCUT2D eigenvalue weighted by atomic mass is 10.4. The monoisotopic (exact) mass is 394 g/mol. The van der Waals surface area contributed by atoms with Gasteiger partial charge in [-0.2, -0.15) is 0 Å². The second-order valence-electron chi connectivity index (χ2n) is 4.21. The topological polar surface area (TPSA) is 77.8 Å². The minimum Gasteiger partial charge on any atom is -0.444 e. The van der Waals surface area contributed by atoms with Gasteiger partial charge in [0.2, 0.25) is 5.89 Å². The average molecular weight is 395 g/mol. The maximum absolute atomic E-state index is 5.60. The Morgan fingerprint density at radius 2 is 2.09 bits per heavy atom. The Hall–Kier alpha value is -1.71. The number of aromatic nitrogens is 4. The smallest absolute Gasteiger partial charge is 0.283 e. The van der Waals surface area contributed by atoms with Gasteiger partial charge in [0.05, 0.1) is 5.75 Å². The van der Waals surface area contributed by atoms with E-state index in [0.717, 1.165) is 15.2 Å². The molecule has 0 aliphatic carbocycles. The van der Waals surface area contributed by atoms with E-state index in [1.54, 1.807) is 41.6 Å². The first kappa shape index (κ1) is 13.9. The predicted octanol–water partition coefficient (Wildman–Crippen LogP) is 4.39. The first-order chi connectivity index (χ1) is 10.8. The Bertz CT molecular complexity index is 933. The van der Waals surface area contributed by atoms with Crippen LogP contribution in [-0.2, 0) is 5.75 Å². The van der Waals surface area contributed by atoms with Gasteiger partial charge in [0.25, 0.3) is 5.89 Å². The Morgan fingerprint density at radius 3 is 2.95 bits per heavy atom. The van der Waals surface area contributed by atoms with E-state index in [9.17, 15) is 0 Å². The number of fused-ring (bicyclic) bond motifs is 1. The molecule has 0 aliphatic rings. The van der Waals surface area contributed by atoms with Crippen molar-refractivity contribution in [3.63, 3.8) is 0 Å². The van der Waals surface area contributed by atoms with Crippen LogP contribution in [0.3, 0.4) is 0 Å². The summed E-state index contributed by atoms with van der Waals surface area (Å²) < 4.78 is 11.6. The maximum atomic E-state index is 5.60. The minimum absolute atomic E-state index is 0.365. The van der Waals surface area contributed by atoms with Crippen LogP contribution in [0, 0.1) is 0 Å². The number of hydrogen-bond donors (Lipinski definition) is 0. The predicted molar refractivity (Wildman–Crippen MR) is 86.7 cm³/mol. The lowest BCUT2D eigenvalue weighted by molar-refractivity contribution is 0.486. The Labute approximate surface area is 141 Å². The zero-order chi connectivity index (χ0) is 14.9. The molecule has 4 rings (SSSR count). The van der Waals surface area contributed by atoms with Crippen LogP contribution in [0.15, 0.2) is 48.4 Å². The molecular weight excluding hydrogens is 388 g/mol. The Morgan fingerprint density at radius 1 is 1.14 bits per heavy atom. The summed E-state index contributed by atoms with van der Waals surface area (Å²) in [4.78, 5) is 9.51. The van der Waals surface area contributed by atoms with Crippen molar-refractivity contribution in [1.29, 1.82) is 0 Å². The van der Waals surface area contributed by atoms with Gasteiger partial charge < -0.3 is 8.83 Å². The number of thiophene rings is 1. The van der Waals surface area contributed by atoms with Gasteiger partial charge in [0.1, 0.15) is 16.2 Å². The van der Waals surface area contributed by atoms with E-state index < -0.39 is 0 Å². The molecule has 0 bridgehead atoms. The van der Waals surface area contributed by atoms with Crippen LogP contribution in [0.2, 0.25) is 0 Å². The number of hydrogen-bond acceptors (Lipinski definition) is 8. The van der Waals surface area contributed by atoms with Gasteiger partial charge in [0.15, 0.2) is 10.4 Å². The van der Waals surface area contributed by atoms with E-state index in [0.29, 0.717) is 28.0 Å². The Kier molecular flexibility index (Phi) is 3.68. The van der Waals surface area contributed by atoms with E-state index in [1.165, 1.54) is 0 Å². The van der Waals surface area contributed by atoms with Crippen molar-refractivity contribution in [1.82, 2.24) is 20.2 Å². The first-order valence-corrected chi connectivity index (χ1v) is 8.84. The molecule has 0 saturated carbocycles. The molecule has 0 aliphatic heterocycles. The molecule has 0 amide bonds. The first-order valence-electron chi connectivity index (χ1n) is 6.19. The van der Waals surface area contributed by atoms with Crippen molar-refractivity contribution in [2.75, 3.05) is 0 Å². The summed E-state index contributed by atoms with van der Waals surface area (Å²) in [5.74, 6) is 1.97. The molecule has 0 N–H and O–H groups in total. The summed E-state index contributed by atoms with van der Waals surface area (Å²) >= 11 is 6.38. The number of furan rings is 1. The van der Waals surface area contributed by atoms with E-state index in [1.807, 2.05) is 11.4 Å². The largest absolute Gasteiger partial charge is 0.444 e. The van der Waals surface area contributed by atoms with Gasteiger partial charge in [0, 0.05) is 5.39 Å². The van der Waals surface area contributed by atoms with E-state index in [2.05, 4.69) is 36.1 Å². The molecule has 0 aromatic carbocycles. The quantitative estimate of drug-likeness (QED) is 0.375. The van der Waals surface area contributed by atoms with Crippen LogP contribution in [0.4, 0.5) is 0 Å². The van der Waals surface area contributed by atoms with Crippen molar-refractivity contribution in [2.24, 2.45) is 0 Å². The molecule has 4 aromatic rings. The molecular formula is C13H7BrN4O2S2. The summed E-state index contributed by atoms with van der Waals surface area (Å²) in [6, 6.07) is 5.57. The van der Waals surface area contributed by atoms with Crippen LogP contribution in [-0.4, -0.2) is 20.2 Å². The molecule has 0 spiro atoms. The van der Waals surface area contributed by atoms with E-state index in [4.69, 9.17) is 8.83 Å². The fourth-order valence-electron chi connectivity index (χ4n) is 1.85. The van der Waals surface area contributed by atoms with Crippen LogP contribution in [0.5, 0.6) is 0 Å². The summed E-state index contributed by atoms with van der Waals surface area (Å²) in [6.45, 7) is 0. The van der Waals surface area contributed by atoms with Crippen molar-refractivity contribution in [2.45, 2.75) is 10.8 Å². The molecule has 9 heteroatoms. The second kappa shape index (κ2) is 5.82. The molecule has 4 heterocycles. The molecule has 110 valence electrons. The van der Waals surface area contributed by atoms with Crippen molar-refractivity contribution in [3.05, 3.63) is 40.5 Å². The highest BCUT2D eigenvalue weighted by atomic mass is 79.9. The van der Waals surface area contributed by atoms with Gasteiger partial charge in [-0.05, 0) is 39.5 Å². The van der Waals surface area contributed by atoms with Crippen molar-refractivity contribution in [3.8, 4) is 11.7 Å². The molecule has 0 atom stereocenters. The molecule has 0 saturated heterocycles. The average Bonchev–Trinajstić information content (AvgIpc) is 3.24. The molecule has 4 aromatic heterocycles. The summed E-state index contributed by atoms with van der Waals surface area (Å²) in [5, 5.41) is 12.0. The lowest BCUT2D eigenvalue weighted by Gasteiger charge is -1.98. The third-order valence-electron chi connectivity index (χ3n) is 2.81. The minimum atomic E-state index is 0.365. The lowest BCUT2D eigenvalue weighted by Crippen LogP contribution is -1.85. The molecule has 0 fully saturated rings. The third-order valence-corrected chi connectivity index (χ3v) is 5.05. The van der Waals surface area contributed by atoms with Crippen molar-refractivity contribution >= 4 is 49.2 Å². The SMILES string of the molecule is Brc1ccc(-c2nnc(CSc3ncnc4sccc34)o2)o1. The number of halogens is 1. The van der Waals surface area contributed by atoms with Gasteiger partial charge >= 0.3 is 0 Å². The highest BCUT2D eigenvalue weighted by Gasteiger charge is 2.13. The highest BCUT2D eigenvalue weighted by Crippen LogP contribution is 2.30. The van der Waals surface area contributed by atoms with Crippen LogP contribution >= 0.6 is 39.0 Å². The summed E-state index contributed by atoms with van der Waals surface area (Å²) in [7, 11) is 0. The normalized spacial score (nSPS) is 11.3. The number of nitrogens with zero attached hydrogens (tertiary/aromatic N) is 4. The summed E-state index contributed by atoms with van der Waals surface area (Å²) in [6.07, 6.45) is 1.57. The number of rotatable bonds is 4. The van der Waals surface area contributed by atoms with E-state index >= 15 is 0 Å². The van der Waals surface area contributed by atoms with Crippen molar-refractivity contribution < 1.29 is 8.83 Å². The highest BCUT2D eigenvalue weighted by molar-refractivity contribution is 9.10. The fourth-order valence-corrected chi connectivity index (χ4v) is 3.78. The molecule has 0 radical (unpaired) electrons. The van der Waals surface area contributed by atoms with Gasteiger partial charge in [-0.25, -0.2) is 9.97 Å². The van der Waals surface area contributed by atoms with E-state index in [-0.39, 0.29) is 0 Å². The summed E-state index contributed by atoms with van der Waals surface area (Å²) in [5.41, 5.74) is 0. The van der Waals surface area contributed by atoms with Gasteiger partial charge in [-0.1, -0.05) is 11.8 Å². The standard InChI is InChI=1S/C13H7BrN4O2S2/c14-9-2-1-8(19-9)11-18-17-10(20-11)5-22-13-7-3-4-21-12(7)15-6-16-13/h1-4,6H,5H2. The maximum Gasteiger partial charge on any atom is 0.283 e. The van der Waals surface area contributed by atoms with Crippen LogP contribution < -0.4 is 0 Å². The zero-order valence-corrected chi connectivity index (χ0v) is 14.1. The fraction of sp³-hybridized carbons (Fsp3) is 0.0769. The number of thioether (sulfide) groups is 1.